The van der Waals surface area contributed by atoms with Crippen LogP contribution in [0.4, 0.5) is 14.9 Å². The molecule has 0 bridgehead atoms. The molecule has 1 aliphatic heterocycles. The molecular weight excluding hydrogens is 359 g/mol. The van der Waals surface area contributed by atoms with Crippen LogP contribution in [0.5, 0.6) is 11.5 Å². The number of benzene rings is 2. The fourth-order valence-corrected chi connectivity index (χ4v) is 3.57. The minimum absolute atomic E-state index is 0.224. The monoisotopic (exact) mass is 376 g/mol. The highest BCUT2D eigenvalue weighted by atomic mass is 35.5. The molecule has 1 saturated carbocycles. The Morgan fingerprint density at radius 3 is 2.77 bits per heavy atom. The van der Waals surface area contributed by atoms with Crippen molar-refractivity contribution in [3.8, 4) is 11.5 Å². The molecule has 7 heteroatoms. The van der Waals surface area contributed by atoms with E-state index in [0.29, 0.717) is 42.0 Å². The largest absolute Gasteiger partial charge is 0.486 e. The molecule has 2 N–H and O–H groups in total. The second-order valence-electron chi connectivity index (χ2n) is 6.54. The predicted molar refractivity (Wildman–Crippen MR) is 96.8 cm³/mol. The molecule has 0 unspecified atom stereocenters. The molecule has 0 spiro atoms. The van der Waals surface area contributed by atoms with Crippen molar-refractivity contribution in [3.05, 3.63) is 52.8 Å². The molecule has 2 aromatic carbocycles. The first-order chi connectivity index (χ1) is 12.6. The second kappa shape index (κ2) is 6.68. The van der Waals surface area contributed by atoms with E-state index in [1.165, 1.54) is 12.1 Å². The second-order valence-corrected chi connectivity index (χ2v) is 6.95. The maximum atomic E-state index is 13.3. The van der Waals surface area contributed by atoms with Crippen LogP contribution in [0.15, 0.2) is 36.4 Å². The number of carbonyl (C=O) groups excluding carboxylic acids is 1. The first-order valence-electron chi connectivity index (χ1n) is 8.46. The third-order valence-corrected chi connectivity index (χ3v) is 5.07. The Morgan fingerprint density at radius 2 is 2.00 bits per heavy atom. The average molecular weight is 377 g/mol. The van der Waals surface area contributed by atoms with Crippen LogP contribution in [-0.2, 0) is 5.41 Å². The first kappa shape index (κ1) is 17.0. The maximum absolute atomic E-state index is 13.3. The van der Waals surface area contributed by atoms with E-state index in [-0.39, 0.29) is 17.3 Å². The third kappa shape index (κ3) is 3.29. The summed E-state index contributed by atoms with van der Waals surface area (Å²) in [5.41, 5.74) is 1.21. The summed E-state index contributed by atoms with van der Waals surface area (Å²) in [4.78, 5) is 12.3. The highest BCUT2D eigenvalue weighted by Gasteiger charge is 2.45. The van der Waals surface area contributed by atoms with Gasteiger partial charge in [-0.15, -0.1) is 0 Å². The van der Waals surface area contributed by atoms with Gasteiger partial charge in [0.2, 0.25) is 0 Å². The molecule has 1 fully saturated rings. The fourth-order valence-electron chi connectivity index (χ4n) is 3.20. The summed E-state index contributed by atoms with van der Waals surface area (Å²) in [5.74, 6) is 0.791. The highest BCUT2D eigenvalue weighted by Crippen LogP contribution is 2.50. The molecule has 2 amide bonds. The normalized spacial score (nSPS) is 16.7. The van der Waals surface area contributed by atoms with Crippen LogP contribution in [0.1, 0.15) is 18.4 Å². The van der Waals surface area contributed by atoms with Crippen LogP contribution in [0.3, 0.4) is 0 Å². The number of ether oxygens (including phenoxy) is 2. The SMILES string of the molecule is O=C(NCC1(c2ccc(F)cc2Cl)CC1)Nc1cccc2c1OCCO2. The van der Waals surface area contributed by atoms with Gasteiger partial charge < -0.3 is 20.1 Å². The maximum Gasteiger partial charge on any atom is 0.319 e. The first-order valence-corrected chi connectivity index (χ1v) is 8.84. The number of urea groups is 1. The molecule has 0 saturated heterocycles. The van der Waals surface area contributed by atoms with Crippen molar-refractivity contribution >= 4 is 23.3 Å². The van der Waals surface area contributed by atoms with Crippen molar-refractivity contribution in [2.45, 2.75) is 18.3 Å². The van der Waals surface area contributed by atoms with Gasteiger partial charge in [-0.05, 0) is 42.7 Å². The quantitative estimate of drug-likeness (QED) is 0.844. The molecule has 1 aliphatic carbocycles. The Kier molecular flexibility index (Phi) is 4.36. The van der Waals surface area contributed by atoms with E-state index in [1.54, 1.807) is 24.3 Å². The van der Waals surface area contributed by atoms with Gasteiger partial charge in [0.05, 0.1) is 5.69 Å². The lowest BCUT2D eigenvalue weighted by Crippen LogP contribution is -2.35. The highest BCUT2D eigenvalue weighted by molar-refractivity contribution is 6.31. The Morgan fingerprint density at radius 1 is 1.19 bits per heavy atom. The molecular formula is C19H18ClFN2O3. The van der Waals surface area contributed by atoms with E-state index in [0.717, 1.165) is 18.4 Å². The van der Waals surface area contributed by atoms with Crippen LogP contribution in [0, 0.1) is 5.82 Å². The Balaban J connectivity index is 1.42. The van der Waals surface area contributed by atoms with Crippen LogP contribution >= 0.6 is 11.6 Å². The van der Waals surface area contributed by atoms with Crippen molar-refractivity contribution in [2.75, 3.05) is 25.1 Å². The number of amides is 2. The van der Waals surface area contributed by atoms with Gasteiger partial charge in [-0.3, -0.25) is 0 Å². The lowest BCUT2D eigenvalue weighted by Gasteiger charge is -2.22. The van der Waals surface area contributed by atoms with Gasteiger partial charge in [-0.1, -0.05) is 23.7 Å². The molecule has 2 aliphatic rings. The lowest BCUT2D eigenvalue weighted by atomic mass is 9.96. The Bertz CT molecular complexity index is 855. The Hall–Kier alpha value is -2.47. The summed E-state index contributed by atoms with van der Waals surface area (Å²) in [6, 6.07) is 9.42. The minimum Gasteiger partial charge on any atom is -0.486 e. The number of carbonyl (C=O) groups is 1. The molecule has 0 radical (unpaired) electrons. The lowest BCUT2D eigenvalue weighted by molar-refractivity contribution is 0.172. The summed E-state index contributed by atoms with van der Waals surface area (Å²) in [6.45, 7) is 1.36. The zero-order chi connectivity index (χ0) is 18.1. The number of nitrogens with one attached hydrogen (secondary N) is 2. The molecule has 4 rings (SSSR count). The average Bonchev–Trinajstić information content (AvgIpc) is 3.41. The summed E-state index contributed by atoms with van der Waals surface area (Å²) >= 11 is 6.18. The molecule has 1 heterocycles. The summed E-state index contributed by atoms with van der Waals surface area (Å²) < 4.78 is 24.4. The van der Waals surface area contributed by atoms with Gasteiger partial charge in [-0.25, -0.2) is 9.18 Å². The molecule has 0 aromatic heterocycles. The van der Waals surface area contributed by atoms with E-state index in [1.807, 2.05) is 0 Å². The van der Waals surface area contributed by atoms with Crippen LogP contribution < -0.4 is 20.1 Å². The predicted octanol–water partition coefficient (Wildman–Crippen LogP) is 4.10. The van der Waals surface area contributed by atoms with E-state index in [2.05, 4.69) is 10.6 Å². The number of hydrogen-bond donors (Lipinski definition) is 2. The van der Waals surface area contributed by atoms with Crippen molar-refractivity contribution in [2.24, 2.45) is 0 Å². The van der Waals surface area contributed by atoms with E-state index < -0.39 is 0 Å². The number of halogens is 2. The molecule has 136 valence electrons. The molecule has 0 atom stereocenters. The van der Waals surface area contributed by atoms with Crippen LogP contribution in [-0.4, -0.2) is 25.8 Å². The standard InChI is InChI=1S/C19H18ClFN2O3/c20-14-10-12(21)4-5-13(14)19(6-7-19)11-22-18(24)23-15-2-1-3-16-17(15)26-9-8-25-16/h1-5,10H,6-9,11H2,(H2,22,23,24). The number of hydrogen-bond acceptors (Lipinski definition) is 3. The fraction of sp³-hybridized carbons (Fsp3) is 0.316. The van der Waals surface area contributed by atoms with E-state index >= 15 is 0 Å². The summed E-state index contributed by atoms with van der Waals surface area (Å²) in [5, 5.41) is 6.08. The molecule has 5 nitrogen and oxygen atoms in total. The van der Waals surface area contributed by atoms with Gasteiger partial charge in [0.15, 0.2) is 11.5 Å². The van der Waals surface area contributed by atoms with E-state index in [9.17, 15) is 9.18 Å². The van der Waals surface area contributed by atoms with Crippen molar-refractivity contribution in [1.29, 1.82) is 0 Å². The number of para-hydroxylation sites is 1. The smallest absolute Gasteiger partial charge is 0.319 e. The zero-order valence-electron chi connectivity index (χ0n) is 14.0. The molecule has 26 heavy (non-hydrogen) atoms. The van der Waals surface area contributed by atoms with Crippen LogP contribution in [0.25, 0.3) is 0 Å². The van der Waals surface area contributed by atoms with Crippen molar-refractivity contribution < 1.29 is 18.7 Å². The van der Waals surface area contributed by atoms with Crippen molar-refractivity contribution in [1.82, 2.24) is 5.32 Å². The van der Waals surface area contributed by atoms with Crippen molar-refractivity contribution in [3.63, 3.8) is 0 Å². The molecule has 2 aromatic rings. The van der Waals surface area contributed by atoms with Gasteiger partial charge in [0.1, 0.15) is 19.0 Å². The third-order valence-electron chi connectivity index (χ3n) is 4.76. The van der Waals surface area contributed by atoms with Gasteiger partial charge >= 0.3 is 6.03 Å². The van der Waals surface area contributed by atoms with Gasteiger partial charge in [0.25, 0.3) is 0 Å². The summed E-state index contributed by atoms with van der Waals surface area (Å²) in [6.07, 6.45) is 1.80. The number of rotatable bonds is 4. The number of anilines is 1. The zero-order valence-corrected chi connectivity index (χ0v) is 14.7. The number of fused-ring (bicyclic) bond motifs is 1. The van der Waals surface area contributed by atoms with E-state index in [4.69, 9.17) is 21.1 Å². The summed E-state index contributed by atoms with van der Waals surface area (Å²) in [7, 11) is 0. The van der Waals surface area contributed by atoms with Gasteiger partial charge in [0, 0.05) is 17.0 Å². The minimum atomic E-state index is -0.365. The topological polar surface area (TPSA) is 59.6 Å². The van der Waals surface area contributed by atoms with Crippen LogP contribution in [0.2, 0.25) is 5.02 Å². The van der Waals surface area contributed by atoms with Gasteiger partial charge in [-0.2, -0.15) is 0 Å². The Labute approximate surface area is 155 Å².